The van der Waals surface area contributed by atoms with E-state index in [1.807, 2.05) is 31.2 Å². The van der Waals surface area contributed by atoms with Crippen LogP contribution < -0.4 is 16.0 Å². The lowest BCUT2D eigenvalue weighted by atomic mass is 10.2. The summed E-state index contributed by atoms with van der Waals surface area (Å²) < 4.78 is 5.07. The number of carbonyl (C=O) groups excluding carboxylic acids is 2. The number of rotatable bonds is 7. The van der Waals surface area contributed by atoms with Crippen LogP contribution in [0.5, 0.6) is 0 Å². The minimum Gasteiger partial charge on any atom is -0.462 e. The number of aromatic nitrogens is 1. The molecule has 30 heavy (non-hydrogen) atoms. The molecule has 2 aromatic rings. The fraction of sp³-hybridized carbons (Fsp3) is 0.400. The Morgan fingerprint density at radius 3 is 2.70 bits per heavy atom. The van der Waals surface area contributed by atoms with E-state index < -0.39 is 0 Å². The fourth-order valence-electron chi connectivity index (χ4n) is 2.60. The quantitative estimate of drug-likeness (QED) is 0.213. The molecule has 0 saturated heterocycles. The topological polar surface area (TPSA) is 105 Å². The molecule has 1 atom stereocenters. The zero-order valence-corrected chi connectivity index (χ0v) is 20.9. The van der Waals surface area contributed by atoms with Gasteiger partial charge in [-0.15, -0.1) is 35.3 Å². The number of aryl methyl sites for hydroxylation is 1. The molecule has 1 amide bonds. The van der Waals surface area contributed by atoms with Crippen LogP contribution in [-0.2, 0) is 16.1 Å². The van der Waals surface area contributed by atoms with E-state index in [1.165, 1.54) is 18.3 Å². The van der Waals surface area contributed by atoms with Crippen molar-refractivity contribution in [3.05, 3.63) is 45.4 Å². The molecule has 8 nitrogen and oxygen atoms in total. The summed E-state index contributed by atoms with van der Waals surface area (Å²) in [5, 5.41) is 10.1. The number of nitrogens with one attached hydrogen (secondary N) is 3. The molecule has 0 saturated carbocycles. The Morgan fingerprint density at radius 1 is 1.33 bits per heavy atom. The van der Waals surface area contributed by atoms with Crippen LogP contribution in [0, 0.1) is 6.92 Å². The number of hydrogen-bond donors (Lipinski definition) is 3. The Balaban J connectivity index is 0.00000450. The predicted molar refractivity (Wildman–Crippen MR) is 131 cm³/mol. The van der Waals surface area contributed by atoms with Crippen molar-refractivity contribution in [2.75, 3.05) is 19.0 Å². The van der Waals surface area contributed by atoms with Gasteiger partial charge in [-0.1, -0.05) is 12.1 Å². The molecule has 3 N–H and O–H groups in total. The van der Waals surface area contributed by atoms with Gasteiger partial charge < -0.3 is 20.7 Å². The van der Waals surface area contributed by atoms with E-state index in [1.54, 1.807) is 20.9 Å². The Bertz CT molecular complexity index is 900. The van der Waals surface area contributed by atoms with Crippen molar-refractivity contribution >= 4 is 58.8 Å². The maximum Gasteiger partial charge on any atom is 0.350 e. The Morgan fingerprint density at radius 2 is 2.07 bits per heavy atom. The molecule has 0 radical (unpaired) electrons. The van der Waals surface area contributed by atoms with Gasteiger partial charge in [0.25, 0.3) is 0 Å². The molecule has 0 bridgehead atoms. The normalized spacial score (nSPS) is 11.8. The van der Waals surface area contributed by atoms with Crippen LogP contribution >= 0.6 is 35.3 Å². The molecular formula is C20H28IN5O3S. The molecule has 164 valence electrons. The van der Waals surface area contributed by atoms with Crippen molar-refractivity contribution in [2.45, 2.75) is 40.3 Å². The molecule has 0 aliphatic rings. The summed E-state index contributed by atoms with van der Waals surface area (Å²) in [5.74, 6) is 0.151. The minimum absolute atomic E-state index is 0. The summed E-state index contributed by atoms with van der Waals surface area (Å²) in [7, 11) is 1.69. The van der Waals surface area contributed by atoms with Gasteiger partial charge in [-0.05, 0) is 38.5 Å². The lowest BCUT2D eigenvalue weighted by Gasteiger charge is -2.16. The molecule has 1 aromatic carbocycles. The number of aliphatic imine (C=N–C) groups is 1. The number of esters is 1. The molecule has 10 heteroatoms. The molecule has 0 aliphatic heterocycles. The van der Waals surface area contributed by atoms with E-state index in [9.17, 15) is 9.59 Å². The number of carbonyl (C=O) groups is 2. The highest BCUT2D eigenvalue weighted by Gasteiger charge is 2.20. The Kier molecular flexibility index (Phi) is 10.7. The number of halogens is 1. The number of ether oxygens (including phenoxy) is 1. The monoisotopic (exact) mass is 545 g/mol. The SMILES string of the molecule is CCOC(=O)c1sc(C(C)NC(=NC)NCc2cccc(NC(C)=O)c2)nc1C.I. The van der Waals surface area contributed by atoms with Crippen LogP contribution in [0.2, 0.25) is 0 Å². The molecule has 1 aromatic heterocycles. The highest BCUT2D eigenvalue weighted by Crippen LogP contribution is 2.24. The standard InChI is InChI=1S/C20H27N5O3S.HI/c1-6-28-19(27)17-12(2)23-18(29-17)13(3)24-20(21-5)22-11-15-8-7-9-16(10-15)25-14(4)26;/h7-10,13H,6,11H2,1-5H3,(H,25,26)(H2,21,22,24);1H. The fourth-order valence-corrected chi connectivity index (χ4v) is 3.56. The Hall–Kier alpha value is -2.21. The van der Waals surface area contributed by atoms with E-state index in [0.29, 0.717) is 29.7 Å². The molecular weight excluding hydrogens is 517 g/mol. The third-order valence-electron chi connectivity index (χ3n) is 3.93. The number of nitrogens with zero attached hydrogens (tertiary/aromatic N) is 2. The summed E-state index contributed by atoms with van der Waals surface area (Å²) in [6.45, 7) is 7.88. The van der Waals surface area contributed by atoms with Crippen molar-refractivity contribution in [3.63, 3.8) is 0 Å². The zero-order valence-electron chi connectivity index (χ0n) is 17.7. The summed E-state index contributed by atoms with van der Waals surface area (Å²) in [5.41, 5.74) is 2.41. The molecule has 1 heterocycles. The summed E-state index contributed by atoms with van der Waals surface area (Å²) in [4.78, 5) is 32.5. The first-order valence-electron chi connectivity index (χ1n) is 9.32. The summed E-state index contributed by atoms with van der Waals surface area (Å²) in [6, 6.07) is 7.45. The van der Waals surface area contributed by atoms with Crippen molar-refractivity contribution in [2.24, 2.45) is 4.99 Å². The van der Waals surface area contributed by atoms with Gasteiger partial charge in [0, 0.05) is 26.2 Å². The molecule has 0 spiro atoms. The van der Waals surface area contributed by atoms with E-state index >= 15 is 0 Å². The second-order valence-corrected chi connectivity index (χ2v) is 7.39. The highest BCUT2D eigenvalue weighted by atomic mass is 127. The number of thiazole rings is 1. The van der Waals surface area contributed by atoms with E-state index in [0.717, 1.165) is 16.3 Å². The molecule has 1 unspecified atom stereocenters. The summed E-state index contributed by atoms with van der Waals surface area (Å²) >= 11 is 1.32. The minimum atomic E-state index is -0.345. The van der Waals surface area contributed by atoms with E-state index in [4.69, 9.17) is 4.74 Å². The van der Waals surface area contributed by atoms with Crippen molar-refractivity contribution in [1.82, 2.24) is 15.6 Å². The van der Waals surface area contributed by atoms with Crippen molar-refractivity contribution in [3.8, 4) is 0 Å². The van der Waals surface area contributed by atoms with Crippen LogP contribution in [0.3, 0.4) is 0 Å². The van der Waals surface area contributed by atoms with Gasteiger partial charge in [0.15, 0.2) is 5.96 Å². The molecule has 2 rings (SSSR count). The van der Waals surface area contributed by atoms with Crippen LogP contribution in [0.25, 0.3) is 0 Å². The average Bonchev–Trinajstić information content (AvgIpc) is 3.07. The van der Waals surface area contributed by atoms with Gasteiger partial charge in [0.1, 0.15) is 9.88 Å². The van der Waals surface area contributed by atoms with Crippen molar-refractivity contribution < 1.29 is 14.3 Å². The van der Waals surface area contributed by atoms with Gasteiger partial charge in [-0.2, -0.15) is 0 Å². The van der Waals surface area contributed by atoms with Crippen LogP contribution in [-0.4, -0.2) is 36.5 Å². The lowest BCUT2D eigenvalue weighted by Crippen LogP contribution is -2.38. The van der Waals surface area contributed by atoms with Gasteiger partial charge >= 0.3 is 5.97 Å². The molecule has 0 aliphatic carbocycles. The average molecular weight is 545 g/mol. The maximum absolute atomic E-state index is 12.0. The maximum atomic E-state index is 12.0. The highest BCUT2D eigenvalue weighted by molar-refractivity contribution is 14.0. The lowest BCUT2D eigenvalue weighted by molar-refractivity contribution is -0.114. The first-order valence-corrected chi connectivity index (χ1v) is 10.1. The van der Waals surface area contributed by atoms with Gasteiger partial charge in [-0.25, -0.2) is 9.78 Å². The van der Waals surface area contributed by atoms with E-state index in [-0.39, 0.29) is 41.9 Å². The van der Waals surface area contributed by atoms with Gasteiger partial charge in [-0.3, -0.25) is 9.79 Å². The third kappa shape index (κ3) is 7.56. The van der Waals surface area contributed by atoms with Gasteiger partial charge in [0.2, 0.25) is 5.91 Å². The largest absolute Gasteiger partial charge is 0.462 e. The number of hydrogen-bond acceptors (Lipinski definition) is 6. The second-order valence-electron chi connectivity index (χ2n) is 6.36. The predicted octanol–water partition coefficient (Wildman–Crippen LogP) is 3.63. The second kappa shape index (κ2) is 12.5. The number of amides is 1. The number of anilines is 1. The molecule has 0 fully saturated rings. The smallest absolute Gasteiger partial charge is 0.350 e. The number of benzene rings is 1. The van der Waals surface area contributed by atoms with Crippen LogP contribution in [0.1, 0.15) is 52.7 Å². The summed E-state index contributed by atoms with van der Waals surface area (Å²) in [6.07, 6.45) is 0. The zero-order chi connectivity index (χ0) is 21.4. The van der Waals surface area contributed by atoms with Gasteiger partial charge in [0.05, 0.1) is 18.3 Å². The first kappa shape index (κ1) is 25.8. The number of guanidine groups is 1. The first-order chi connectivity index (χ1) is 13.8. The van der Waals surface area contributed by atoms with Crippen molar-refractivity contribution in [1.29, 1.82) is 0 Å². The Labute approximate surface area is 197 Å². The van der Waals surface area contributed by atoms with E-state index in [2.05, 4.69) is 25.9 Å². The van der Waals surface area contributed by atoms with Crippen LogP contribution in [0.15, 0.2) is 29.3 Å². The third-order valence-corrected chi connectivity index (χ3v) is 5.25. The van der Waals surface area contributed by atoms with Crippen LogP contribution in [0.4, 0.5) is 5.69 Å².